The first-order valence-corrected chi connectivity index (χ1v) is 12.9. The van der Waals surface area contributed by atoms with Crippen LogP contribution in [0.5, 0.6) is 0 Å². The second kappa shape index (κ2) is 9.60. The Labute approximate surface area is 209 Å². The van der Waals surface area contributed by atoms with E-state index in [1.165, 1.54) is 0 Å². The van der Waals surface area contributed by atoms with Crippen molar-refractivity contribution in [1.82, 2.24) is 15.1 Å². The zero-order valence-electron chi connectivity index (χ0n) is 22.0. The third-order valence-corrected chi connectivity index (χ3v) is 7.61. The van der Waals surface area contributed by atoms with E-state index in [4.69, 9.17) is 4.74 Å². The van der Waals surface area contributed by atoms with Crippen LogP contribution in [-0.2, 0) is 16.1 Å². The molecule has 1 spiro atoms. The number of nitrogens with zero attached hydrogens (tertiary/aromatic N) is 3. The molecule has 0 radical (unpaired) electrons. The van der Waals surface area contributed by atoms with Crippen molar-refractivity contribution in [3.05, 3.63) is 29.6 Å². The number of hydrogen-bond donors (Lipinski definition) is 1. The molecule has 0 saturated carbocycles. The van der Waals surface area contributed by atoms with Crippen molar-refractivity contribution < 1.29 is 18.7 Å². The molecule has 0 unspecified atom stereocenters. The van der Waals surface area contributed by atoms with Crippen molar-refractivity contribution in [2.75, 3.05) is 44.2 Å². The van der Waals surface area contributed by atoms with Gasteiger partial charge in [-0.15, -0.1) is 0 Å². The number of amides is 2. The number of anilines is 1. The fraction of sp³-hybridized carbons (Fsp3) is 0.704. The Bertz CT molecular complexity index is 940. The predicted octanol–water partition coefficient (Wildman–Crippen LogP) is 4.15. The number of likely N-dealkylation sites (tertiary alicyclic amines) is 2. The Hall–Kier alpha value is -2.35. The lowest BCUT2D eigenvalue weighted by Crippen LogP contribution is -2.66. The first-order valence-electron chi connectivity index (χ1n) is 12.9. The molecule has 3 fully saturated rings. The van der Waals surface area contributed by atoms with Crippen LogP contribution in [-0.4, -0.2) is 72.2 Å². The summed E-state index contributed by atoms with van der Waals surface area (Å²) in [5.41, 5.74) is 0.837. The SMILES string of the molecule is CC1(C)CCN(Cc2ccc(N3CC(=O)NC4(CCN(C(=O)OC(C)(C)C)CC4)C3)cc2F)CC1. The molecule has 0 aliphatic carbocycles. The first kappa shape index (κ1) is 25.7. The van der Waals surface area contributed by atoms with Crippen molar-refractivity contribution in [2.24, 2.45) is 5.41 Å². The molecular formula is C27H41FN4O3. The minimum atomic E-state index is -0.539. The Morgan fingerprint density at radius 2 is 1.74 bits per heavy atom. The molecule has 2 amide bonds. The molecule has 7 nitrogen and oxygen atoms in total. The highest BCUT2D eigenvalue weighted by molar-refractivity contribution is 5.84. The average Bonchev–Trinajstić information content (AvgIpc) is 2.75. The number of carbonyl (C=O) groups is 2. The van der Waals surface area contributed by atoms with E-state index < -0.39 is 11.1 Å². The highest BCUT2D eigenvalue weighted by atomic mass is 19.1. The maximum Gasteiger partial charge on any atom is 0.410 e. The molecule has 194 valence electrons. The monoisotopic (exact) mass is 488 g/mol. The molecule has 3 aliphatic heterocycles. The van der Waals surface area contributed by atoms with Crippen molar-refractivity contribution in [3.8, 4) is 0 Å². The highest BCUT2D eigenvalue weighted by Crippen LogP contribution is 2.32. The minimum Gasteiger partial charge on any atom is -0.444 e. The third-order valence-electron chi connectivity index (χ3n) is 7.61. The molecular weight excluding hydrogens is 447 g/mol. The van der Waals surface area contributed by atoms with Crippen molar-refractivity contribution in [1.29, 1.82) is 0 Å². The zero-order valence-corrected chi connectivity index (χ0v) is 22.0. The smallest absolute Gasteiger partial charge is 0.410 e. The van der Waals surface area contributed by atoms with Gasteiger partial charge in [-0.25, -0.2) is 9.18 Å². The van der Waals surface area contributed by atoms with Crippen LogP contribution in [0, 0.1) is 11.2 Å². The van der Waals surface area contributed by atoms with Gasteiger partial charge in [0, 0.05) is 37.4 Å². The molecule has 0 aromatic heterocycles. The van der Waals surface area contributed by atoms with Crippen LogP contribution in [0.3, 0.4) is 0 Å². The van der Waals surface area contributed by atoms with E-state index in [1.54, 1.807) is 11.0 Å². The number of piperazine rings is 1. The van der Waals surface area contributed by atoms with Gasteiger partial charge in [-0.3, -0.25) is 9.69 Å². The largest absolute Gasteiger partial charge is 0.444 e. The number of ether oxygens (including phenoxy) is 1. The van der Waals surface area contributed by atoms with Gasteiger partial charge in [0.05, 0.1) is 12.1 Å². The summed E-state index contributed by atoms with van der Waals surface area (Å²) in [5.74, 6) is -0.283. The van der Waals surface area contributed by atoms with E-state index >= 15 is 4.39 Å². The summed E-state index contributed by atoms with van der Waals surface area (Å²) >= 11 is 0. The number of nitrogens with one attached hydrogen (secondary N) is 1. The van der Waals surface area contributed by atoms with Gasteiger partial charge in [-0.1, -0.05) is 19.9 Å². The molecule has 35 heavy (non-hydrogen) atoms. The van der Waals surface area contributed by atoms with E-state index in [2.05, 4.69) is 24.1 Å². The van der Waals surface area contributed by atoms with E-state index in [0.29, 0.717) is 50.0 Å². The molecule has 3 aliphatic rings. The topological polar surface area (TPSA) is 65.1 Å². The Kier molecular flexibility index (Phi) is 7.06. The number of rotatable bonds is 3. The number of piperidine rings is 2. The maximum atomic E-state index is 15.1. The molecule has 1 N–H and O–H groups in total. The molecule has 8 heteroatoms. The van der Waals surface area contributed by atoms with Crippen LogP contribution in [0.25, 0.3) is 0 Å². The number of carbonyl (C=O) groups excluding carboxylic acids is 2. The first-order chi connectivity index (χ1) is 16.3. The lowest BCUT2D eigenvalue weighted by molar-refractivity contribution is -0.123. The van der Waals surface area contributed by atoms with Crippen molar-refractivity contribution in [3.63, 3.8) is 0 Å². The second-order valence-corrected chi connectivity index (χ2v) is 12.4. The fourth-order valence-electron chi connectivity index (χ4n) is 5.30. The minimum absolute atomic E-state index is 0.0672. The standard InChI is InChI=1S/C27H41FN4O3/c1-25(2,3)35-24(34)31-14-10-27(11-15-31)19-32(18-23(33)29-27)21-7-6-20(22(28)16-21)17-30-12-8-26(4,5)9-13-30/h6-7,16H,8-15,17-19H2,1-5H3,(H,29,33). The van der Waals surface area contributed by atoms with Crippen LogP contribution >= 0.6 is 0 Å². The lowest BCUT2D eigenvalue weighted by atomic mass is 9.82. The summed E-state index contributed by atoms with van der Waals surface area (Å²) in [4.78, 5) is 31.1. The summed E-state index contributed by atoms with van der Waals surface area (Å²) in [6, 6.07) is 5.38. The van der Waals surface area contributed by atoms with Gasteiger partial charge in [0.15, 0.2) is 0 Å². The zero-order chi connectivity index (χ0) is 25.4. The van der Waals surface area contributed by atoms with Gasteiger partial charge < -0.3 is 19.9 Å². The quantitative estimate of drug-likeness (QED) is 0.692. The van der Waals surface area contributed by atoms with Crippen molar-refractivity contribution >= 4 is 17.7 Å². The second-order valence-electron chi connectivity index (χ2n) is 12.4. The third kappa shape index (κ3) is 6.46. The molecule has 3 heterocycles. The van der Waals surface area contributed by atoms with Crippen LogP contribution in [0.1, 0.15) is 65.9 Å². The number of hydrogen-bond acceptors (Lipinski definition) is 5. The summed E-state index contributed by atoms with van der Waals surface area (Å²) in [6.07, 6.45) is 3.22. The molecule has 0 bridgehead atoms. The summed E-state index contributed by atoms with van der Waals surface area (Å²) in [5, 5.41) is 3.17. The fourth-order valence-corrected chi connectivity index (χ4v) is 5.30. The lowest BCUT2D eigenvalue weighted by Gasteiger charge is -2.48. The normalized spacial score (nSPS) is 22.7. The van der Waals surface area contributed by atoms with E-state index in [9.17, 15) is 9.59 Å². The summed E-state index contributed by atoms with van der Waals surface area (Å²) in [6.45, 7) is 14.6. The molecule has 3 saturated heterocycles. The molecule has 4 rings (SSSR count). The molecule has 1 aromatic carbocycles. The Balaban J connectivity index is 1.38. The van der Waals surface area contributed by atoms with Gasteiger partial charge >= 0.3 is 6.09 Å². The summed E-state index contributed by atoms with van der Waals surface area (Å²) in [7, 11) is 0. The Morgan fingerprint density at radius 3 is 2.34 bits per heavy atom. The van der Waals surface area contributed by atoms with Gasteiger partial charge in [0.2, 0.25) is 5.91 Å². The van der Waals surface area contributed by atoms with Gasteiger partial charge in [0.1, 0.15) is 11.4 Å². The maximum absolute atomic E-state index is 15.1. The number of benzene rings is 1. The summed E-state index contributed by atoms with van der Waals surface area (Å²) < 4.78 is 20.6. The van der Waals surface area contributed by atoms with Gasteiger partial charge in [0.25, 0.3) is 0 Å². The van der Waals surface area contributed by atoms with Crippen molar-refractivity contribution in [2.45, 2.75) is 78.0 Å². The average molecular weight is 489 g/mol. The van der Waals surface area contributed by atoms with Gasteiger partial charge in [-0.05, 0) is 77.1 Å². The number of halogens is 1. The highest BCUT2D eigenvalue weighted by Gasteiger charge is 2.42. The van der Waals surface area contributed by atoms with Crippen LogP contribution in [0.2, 0.25) is 0 Å². The van der Waals surface area contributed by atoms with E-state index in [1.807, 2.05) is 37.8 Å². The molecule has 0 atom stereocenters. The van der Waals surface area contributed by atoms with Crippen LogP contribution in [0.15, 0.2) is 18.2 Å². The predicted molar refractivity (Wildman–Crippen MR) is 135 cm³/mol. The van der Waals surface area contributed by atoms with Gasteiger partial charge in [-0.2, -0.15) is 0 Å². The van der Waals surface area contributed by atoms with E-state index in [-0.39, 0.29) is 24.4 Å². The van der Waals surface area contributed by atoms with Crippen LogP contribution in [0.4, 0.5) is 14.9 Å². The Morgan fingerprint density at radius 1 is 1.09 bits per heavy atom. The van der Waals surface area contributed by atoms with E-state index in [0.717, 1.165) is 31.6 Å². The molecule has 1 aromatic rings. The van der Waals surface area contributed by atoms with Crippen LogP contribution < -0.4 is 10.2 Å².